The number of β-amino-alcohol motifs (C(OH)–C–C–N with tert-alkyl or cyclic N) is 3. The average molecular weight is 1050 g/mol. The van der Waals surface area contributed by atoms with E-state index in [0.717, 1.165) is 11.5 Å². The van der Waals surface area contributed by atoms with Crippen molar-refractivity contribution in [1.82, 2.24) is 14.7 Å². The Labute approximate surface area is 428 Å². The first-order valence-corrected chi connectivity index (χ1v) is 26.5. The normalized spacial score (nSPS) is 23.4. The monoisotopic (exact) mass is 1050 g/mol. The molecule has 0 aromatic heterocycles. The molecule has 23 heteroatoms. The predicted octanol–water partition coefficient (Wildman–Crippen LogP) is 2.55. The quantitative estimate of drug-likeness (QED) is 0.0734. The third kappa shape index (κ3) is 26.4. The summed E-state index contributed by atoms with van der Waals surface area (Å²) in [4.78, 5) is 79.4. The number of ketones is 1. The van der Waals surface area contributed by atoms with Crippen molar-refractivity contribution in [2.75, 3.05) is 53.7 Å². The summed E-state index contributed by atoms with van der Waals surface area (Å²) in [6, 6.07) is 8.31. The number of amides is 3. The number of hydrogen-bond acceptors (Lipinski definition) is 17. The Morgan fingerprint density at radius 2 is 1.28 bits per heavy atom. The Hall–Kier alpha value is -4.59. The van der Waals surface area contributed by atoms with Crippen molar-refractivity contribution in [2.24, 2.45) is 5.92 Å². The van der Waals surface area contributed by atoms with Crippen molar-refractivity contribution in [3.8, 4) is 0 Å². The zero-order valence-corrected chi connectivity index (χ0v) is 43.6. The summed E-state index contributed by atoms with van der Waals surface area (Å²) in [6.45, 7) is 13.7. The van der Waals surface area contributed by atoms with Crippen molar-refractivity contribution in [3.63, 3.8) is 0 Å². The summed E-state index contributed by atoms with van der Waals surface area (Å²) in [7, 11) is 0.986. The largest absolute Gasteiger partial charge is 0.481 e. The van der Waals surface area contributed by atoms with E-state index >= 15 is 0 Å². The van der Waals surface area contributed by atoms with Crippen LogP contribution in [0.15, 0.2) is 30.3 Å². The van der Waals surface area contributed by atoms with Gasteiger partial charge in [-0.15, -0.1) is 0 Å². The van der Waals surface area contributed by atoms with Gasteiger partial charge in [0.1, 0.15) is 32.5 Å². The first kappa shape index (κ1) is 65.4. The van der Waals surface area contributed by atoms with Gasteiger partial charge in [-0.05, 0) is 75.0 Å². The van der Waals surface area contributed by atoms with Crippen LogP contribution >= 0.6 is 0 Å². The zero-order chi connectivity index (χ0) is 56.1. The van der Waals surface area contributed by atoms with Gasteiger partial charge in [-0.1, -0.05) is 71.9 Å². The van der Waals surface area contributed by atoms with Gasteiger partial charge in [0.25, 0.3) is 0 Å². The first-order valence-electron chi connectivity index (χ1n) is 24.7. The van der Waals surface area contributed by atoms with E-state index in [1.165, 1.54) is 54.6 Å². The molecule has 5 rings (SSSR count). The van der Waals surface area contributed by atoms with Gasteiger partial charge in [-0.25, -0.2) is 4.79 Å². The number of nitrogens with zero attached hydrogens (tertiary/aromatic N) is 3. The lowest BCUT2D eigenvalue weighted by atomic mass is 10.1. The number of methoxy groups -OCH3 is 1. The number of esters is 1. The van der Waals surface area contributed by atoms with Crippen LogP contribution in [0.4, 0.5) is 4.79 Å². The van der Waals surface area contributed by atoms with Crippen LogP contribution in [0.25, 0.3) is 0 Å². The molecule has 3 aliphatic heterocycles. The highest BCUT2D eigenvalue weighted by Crippen LogP contribution is 2.40. The van der Waals surface area contributed by atoms with Gasteiger partial charge in [0.2, 0.25) is 13.2 Å². The molecule has 3 amide bonds. The summed E-state index contributed by atoms with van der Waals surface area (Å²) >= 11 is 0. The van der Waals surface area contributed by atoms with Crippen molar-refractivity contribution < 1.29 is 94.8 Å². The molecule has 416 valence electrons. The number of ether oxygens (including phenoxy) is 2. The molecule has 0 bridgehead atoms. The smallest absolute Gasteiger partial charge is 0.410 e. The summed E-state index contributed by atoms with van der Waals surface area (Å²) in [5.74, 6) is -3.68. The third-order valence-corrected chi connectivity index (χ3v) is 16.9. The minimum absolute atomic E-state index is 0. The second kappa shape index (κ2) is 35.5. The molecular formula is C49H87N3O19Si. The molecule has 3 heterocycles. The first-order chi connectivity index (χ1) is 34.2. The van der Waals surface area contributed by atoms with Crippen molar-refractivity contribution >= 4 is 49.9 Å². The maximum absolute atomic E-state index is 11.8. The Bertz CT molecular complexity index is 1810. The standard InChI is InChI=1S/C13H17NO4.C13H28OSi.C9H15NO5.C8H13NO4.C4H6O4.CH4O.CH4/c15-8-11-6-12(16)7-14(11)13(17)18-9-10-4-2-1-3-5-10;1-7-11-8-9-12(10-11)14-15(5,6)13(2,3)4;1-15-9(14)3-8(13)10-4-7(12)2-6(10)5-11;1-5-2-6(10)4-9(5)7(11)3-8(12)13;5-2-3(6)1-4(7)8;1-2;/h1-5,11-12,15-16H,6-9H2;11-12H,7-10H2,1-6H3;6-7,11-12H,2-5H2,1H3;5-6,10H,2-4H2,1H3,(H,12,13);5H,1-2H2,(H,7,8);2H,1H3;1H4/t11-,12+;11-,12-;6-,7+;5-,6-;;;/m0001.../s1/i;;;1D;;2T;. The topological polar surface area (TPSA) is 339 Å². The van der Waals surface area contributed by atoms with Crippen LogP contribution in [0.2, 0.25) is 18.1 Å². The van der Waals surface area contributed by atoms with E-state index < -0.39 is 93.7 Å². The van der Waals surface area contributed by atoms with Crippen LogP contribution in [0.3, 0.4) is 0 Å². The van der Waals surface area contributed by atoms with E-state index in [4.69, 9.17) is 37.5 Å². The molecule has 1 aromatic carbocycles. The highest BCUT2D eigenvalue weighted by molar-refractivity contribution is 6.74. The van der Waals surface area contributed by atoms with Crippen LogP contribution < -0.4 is 0 Å². The number of hydrogen-bond donors (Lipinski definition) is 9. The molecule has 1 saturated carbocycles. The number of aliphatic hydroxyl groups excluding tert-OH is 7. The van der Waals surface area contributed by atoms with E-state index in [9.17, 15) is 48.9 Å². The van der Waals surface area contributed by atoms with Crippen molar-refractivity contribution in [2.45, 2.75) is 174 Å². The molecule has 0 radical (unpaired) electrons. The fourth-order valence-electron chi connectivity index (χ4n) is 7.51. The summed E-state index contributed by atoms with van der Waals surface area (Å²) in [5.41, 5.74) is 0.908. The number of carbonyl (C=O) groups is 7. The van der Waals surface area contributed by atoms with Gasteiger partial charge in [0.05, 0.1) is 57.3 Å². The second-order valence-corrected chi connectivity index (χ2v) is 23.7. The fraction of sp³-hybridized carbons (Fsp3) is 0.735. The predicted molar refractivity (Wildman–Crippen MR) is 268 cm³/mol. The number of carboxylic acid groups (broad SMARTS) is 2. The minimum Gasteiger partial charge on any atom is -0.481 e. The van der Waals surface area contributed by atoms with Crippen molar-refractivity contribution in [3.05, 3.63) is 35.9 Å². The molecule has 0 spiro atoms. The van der Waals surface area contributed by atoms with E-state index in [2.05, 4.69) is 50.6 Å². The van der Waals surface area contributed by atoms with Crippen LogP contribution in [0.5, 0.6) is 0 Å². The Morgan fingerprint density at radius 3 is 1.72 bits per heavy atom. The number of aliphatic hydroxyl groups is 7. The molecular weight excluding hydrogens is 963 g/mol. The molecule has 4 aliphatic rings. The van der Waals surface area contributed by atoms with Gasteiger partial charge < -0.3 is 74.6 Å². The third-order valence-electron chi connectivity index (χ3n) is 12.4. The van der Waals surface area contributed by atoms with E-state index in [-0.39, 0.29) is 72.3 Å². The van der Waals surface area contributed by atoms with Gasteiger partial charge in [-0.3, -0.25) is 28.8 Å². The van der Waals surface area contributed by atoms with E-state index in [1.807, 2.05) is 30.3 Å². The lowest BCUT2D eigenvalue weighted by molar-refractivity contribution is -0.148. The number of carbonyl (C=O) groups excluding carboxylic acids is 5. The molecule has 9 N–H and O–H groups in total. The average Bonchev–Trinajstić information content (AvgIpc) is 4.14. The number of Topliss-reactive ketones (excluding diaryl/α,β-unsaturated/α-hetero) is 1. The Morgan fingerprint density at radius 1 is 0.778 bits per heavy atom. The fourth-order valence-corrected chi connectivity index (χ4v) is 8.91. The number of carboxylic acids is 2. The maximum Gasteiger partial charge on any atom is 0.410 e. The SMILES string of the molecule is C.CC[C@H]1CC[C@H](O[Si](C)(C)C(C)(C)C)C1.COC(=O)CC(=O)N1C[C@H](O)C[C@H]1CO.O=C(O)CC(=O)CO.O=C(OCc1ccccc1)N1C[C@H](O)C[C@H]1CO.[2H]C[C@@H]1C[C@@H](O)CN1C(=O)CC(=O)O.[3H]OC. The molecule has 3 saturated heterocycles. The van der Waals surface area contributed by atoms with Crippen molar-refractivity contribution in [1.29, 1.82) is 1.43 Å². The molecule has 0 unspecified atom stereocenters. The number of benzene rings is 1. The number of likely N-dealkylation sites (tertiary alicyclic amines) is 3. The lowest BCUT2D eigenvalue weighted by Gasteiger charge is -2.38. The Balaban J connectivity index is 0. The van der Waals surface area contributed by atoms with Gasteiger partial charge >= 0.3 is 24.0 Å². The molecule has 4 fully saturated rings. The highest BCUT2D eigenvalue weighted by Gasteiger charge is 2.41. The van der Waals surface area contributed by atoms with Gasteiger partial charge in [0, 0.05) is 33.7 Å². The van der Waals surface area contributed by atoms with E-state index in [0.29, 0.717) is 30.4 Å². The van der Waals surface area contributed by atoms with Crippen LogP contribution in [0, 0.1) is 5.92 Å². The van der Waals surface area contributed by atoms with Crippen LogP contribution in [-0.4, -0.2) is 208 Å². The van der Waals surface area contributed by atoms with E-state index in [1.54, 1.807) is 0 Å². The van der Waals surface area contributed by atoms with Crippen LogP contribution in [0.1, 0.15) is 113 Å². The minimum atomic E-state index is -1.51. The summed E-state index contributed by atoms with van der Waals surface area (Å²) < 4.78 is 28.8. The maximum atomic E-state index is 11.8. The molecule has 1 aliphatic carbocycles. The zero-order valence-electron chi connectivity index (χ0n) is 44.6. The van der Waals surface area contributed by atoms with Gasteiger partial charge in [-0.2, -0.15) is 0 Å². The number of aliphatic carboxylic acids is 2. The molecule has 1 aromatic rings. The highest BCUT2D eigenvalue weighted by atomic mass is 28.4. The Kier molecular flexibility index (Phi) is 32.3. The number of rotatable bonds is 14. The molecule has 8 atom stereocenters. The van der Waals surface area contributed by atoms with Gasteiger partial charge in [0.15, 0.2) is 14.1 Å². The molecule has 22 nitrogen and oxygen atoms in total. The lowest BCUT2D eigenvalue weighted by Crippen LogP contribution is -2.43. The molecule has 72 heavy (non-hydrogen) atoms. The second-order valence-electron chi connectivity index (χ2n) is 19.0. The van der Waals surface area contributed by atoms with Crippen LogP contribution in [-0.2, 0) is 49.3 Å². The summed E-state index contributed by atoms with van der Waals surface area (Å²) in [6.07, 6.45) is 3.19. The summed E-state index contributed by atoms with van der Waals surface area (Å²) in [5, 5.41) is 74.3.